The van der Waals surface area contributed by atoms with Crippen LogP contribution in [0.25, 0.3) is 27.5 Å². The fraction of sp³-hybridized carbons (Fsp3) is 0.238. The van der Waals surface area contributed by atoms with Crippen LogP contribution >= 0.6 is 0 Å². The first-order valence-electron chi connectivity index (χ1n) is 15.8. The second kappa shape index (κ2) is 9.20. The highest BCUT2D eigenvalue weighted by atomic mass is 15.0. The average Bonchev–Trinajstić information content (AvgIpc) is 3.35. The maximum atomic E-state index is 10.7. The lowest BCUT2D eigenvalue weighted by Gasteiger charge is -2.42. The third kappa shape index (κ3) is 3.87. The first kappa shape index (κ1) is 27.4. The van der Waals surface area contributed by atoms with Crippen molar-refractivity contribution < 1.29 is 0 Å². The largest absolute Gasteiger partial charge is 0.308 e. The van der Waals surface area contributed by atoms with Crippen molar-refractivity contribution >= 4 is 21.8 Å². The van der Waals surface area contributed by atoms with Gasteiger partial charge in [0, 0.05) is 22.6 Å². The summed E-state index contributed by atoms with van der Waals surface area (Å²) in [6.45, 7) is 13.6. The van der Waals surface area contributed by atoms with E-state index in [1.165, 1.54) is 55.3 Å². The van der Waals surface area contributed by atoms with Crippen LogP contribution in [-0.4, -0.2) is 4.57 Å². The zero-order chi connectivity index (χ0) is 31.4. The Morgan fingerprint density at radius 2 is 1.04 bits per heavy atom. The molecule has 0 radical (unpaired) electrons. The summed E-state index contributed by atoms with van der Waals surface area (Å²) in [4.78, 5) is 0. The summed E-state index contributed by atoms with van der Waals surface area (Å²) < 4.78 is 2.32. The number of benzene rings is 5. The van der Waals surface area contributed by atoms with Crippen LogP contribution < -0.4 is 0 Å². The van der Waals surface area contributed by atoms with Gasteiger partial charge in [-0.05, 0) is 104 Å². The zero-order valence-corrected chi connectivity index (χ0v) is 26.7. The summed E-state index contributed by atoms with van der Waals surface area (Å²) in [5.41, 5.74) is 14.5. The van der Waals surface area contributed by atoms with E-state index in [1.807, 2.05) is 6.07 Å². The molecule has 0 amide bonds. The molecule has 0 saturated carbocycles. The topological polar surface area (TPSA) is 52.5 Å². The molecule has 2 atom stereocenters. The van der Waals surface area contributed by atoms with Crippen LogP contribution in [0.15, 0.2) is 91.0 Å². The first-order valence-corrected chi connectivity index (χ1v) is 15.8. The Labute approximate surface area is 265 Å². The summed E-state index contributed by atoms with van der Waals surface area (Å²) >= 11 is 0. The van der Waals surface area contributed by atoms with Crippen molar-refractivity contribution in [2.75, 3.05) is 0 Å². The summed E-state index contributed by atoms with van der Waals surface area (Å²) in [5.74, 6) is 0.0380. The third-order valence-corrected chi connectivity index (χ3v) is 10.1. The smallest absolute Gasteiger partial charge is 0.101 e. The summed E-state index contributed by atoms with van der Waals surface area (Å²) in [6, 6.07) is 37.9. The fourth-order valence-corrected chi connectivity index (χ4v) is 7.81. The fourth-order valence-electron chi connectivity index (χ4n) is 7.81. The first-order chi connectivity index (χ1) is 21.5. The van der Waals surface area contributed by atoms with Crippen molar-refractivity contribution in [1.29, 1.82) is 10.5 Å². The molecule has 0 spiro atoms. The molecule has 2 unspecified atom stereocenters. The predicted octanol–water partition coefficient (Wildman–Crippen LogP) is 10.1. The molecular weight excluding hydrogens is 546 g/mol. The van der Waals surface area contributed by atoms with Gasteiger partial charge < -0.3 is 4.57 Å². The molecule has 0 aliphatic heterocycles. The minimum atomic E-state index is -0.00696. The molecule has 3 aliphatic carbocycles. The Morgan fingerprint density at radius 3 is 1.58 bits per heavy atom. The van der Waals surface area contributed by atoms with Gasteiger partial charge in [0.2, 0.25) is 0 Å². The lowest BCUT2D eigenvalue weighted by molar-refractivity contribution is 0.590. The molecule has 1 heterocycles. The van der Waals surface area contributed by atoms with Crippen molar-refractivity contribution in [3.63, 3.8) is 0 Å². The molecule has 3 aliphatic rings. The van der Waals surface area contributed by atoms with Gasteiger partial charge in [-0.15, -0.1) is 0 Å². The number of aromatic nitrogens is 1. The van der Waals surface area contributed by atoms with Crippen LogP contribution in [0.4, 0.5) is 0 Å². The summed E-state index contributed by atoms with van der Waals surface area (Å²) in [6.07, 6.45) is 0. The quantitative estimate of drug-likeness (QED) is 0.194. The number of nitriles is 2. The highest BCUT2D eigenvalue weighted by Gasteiger charge is 2.42. The second-order valence-electron chi connectivity index (χ2n) is 14.9. The molecule has 9 rings (SSSR count). The standard InChI is InChI=1S/C42H35N3/c1-41(2,3)26-12-15-36-31(19-26)32-20-27(42(4,5)6)13-16-37(32)45(36)38-21-35-34(18-25(38)23-44)40-29-10-8-7-9-28(29)39(35)30-14-11-24(22-43)17-33(30)40/h7-21,39-40H,1-6H3. The maximum absolute atomic E-state index is 10.7. The number of hydrogen-bond donors (Lipinski definition) is 0. The lowest BCUT2D eigenvalue weighted by Crippen LogP contribution is -2.28. The molecule has 0 N–H and O–H groups in total. The van der Waals surface area contributed by atoms with Gasteiger partial charge in [0.05, 0.1) is 33.9 Å². The number of hydrogen-bond acceptors (Lipinski definition) is 2. The van der Waals surface area contributed by atoms with Crippen molar-refractivity contribution in [3.8, 4) is 17.8 Å². The number of fused-ring (bicyclic) bond motifs is 3. The van der Waals surface area contributed by atoms with Crippen LogP contribution in [0, 0.1) is 22.7 Å². The van der Waals surface area contributed by atoms with Crippen LogP contribution in [0.2, 0.25) is 0 Å². The van der Waals surface area contributed by atoms with E-state index < -0.39 is 0 Å². The number of rotatable bonds is 1. The molecule has 0 saturated heterocycles. The zero-order valence-electron chi connectivity index (χ0n) is 26.7. The third-order valence-electron chi connectivity index (χ3n) is 10.1. The van der Waals surface area contributed by atoms with E-state index in [4.69, 9.17) is 0 Å². The van der Waals surface area contributed by atoms with E-state index >= 15 is 0 Å². The molecule has 218 valence electrons. The van der Waals surface area contributed by atoms with Crippen molar-refractivity contribution in [2.45, 2.75) is 64.2 Å². The second-order valence-corrected chi connectivity index (χ2v) is 14.9. The normalized spacial score (nSPS) is 16.6. The lowest BCUT2D eigenvalue weighted by atomic mass is 9.60. The predicted molar refractivity (Wildman–Crippen MR) is 182 cm³/mol. The molecule has 2 bridgehead atoms. The molecule has 0 fully saturated rings. The Balaban J connectivity index is 1.44. The van der Waals surface area contributed by atoms with Crippen molar-refractivity contribution in [2.24, 2.45) is 0 Å². The molecule has 1 aromatic heterocycles. The minimum absolute atomic E-state index is 0.00696. The maximum Gasteiger partial charge on any atom is 0.101 e. The van der Waals surface area contributed by atoms with Crippen LogP contribution in [-0.2, 0) is 10.8 Å². The molecule has 3 nitrogen and oxygen atoms in total. The van der Waals surface area contributed by atoms with Gasteiger partial charge in [0.1, 0.15) is 6.07 Å². The van der Waals surface area contributed by atoms with Crippen LogP contribution in [0.5, 0.6) is 0 Å². The number of nitrogens with zero attached hydrogens (tertiary/aromatic N) is 3. The monoisotopic (exact) mass is 581 g/mol. The van der Waals surface area contributed by atoms with Gasteiger partial charge in [-0.2, -0.15) is 10.5 Å². The van der Waals surface area contributed by atoms with Gasteiger partial charge in [0.25, 0.3) is 0 Å². The highest BCUT2D eigenvalue weighted by Crippen LogP contribution is 2.56. The Morgan fingerprint density at radius 1 is 0.533 bits per heavy atom. The van der Waals surface area contributed by atoms with Crippen LogP contribution in [0.3, 0.4) is 0 Å². The molecular formula is C42H35N3. The van der Waals surface area contributed by atoms with E-state index in [2.05, 4.69) is 143 Å². The summed E-state index contributed by atoms with van der Waals surface area (Å²) in [7, 11) is 0. The average molecular weight is 582 g/mol. The van der Waals surface area contributed by atoms with Gasteiger partial charge >= 0.3 is 0 Å². The molecule has 45 heavy (non-hydrogen) atoms. The SMILES string of the molecule is CC(C)(C)c1ccc2c(c1)c1cc(C(C)(C)C)ccc1n2-c1cc2c(cc1C#N)C1c3ccccc3C2c2ccc(C#N)cc21. The Bertz CT molecular complexity index is 2250. The van der Waals surface area contributed by atoms with E-state index in [-0.39, 0.29) is 22.7 Å². The Kier molecular flexibility index (Phi) is 5.61. The van der Waals surface area contributed by atoms with Crippen molar-refractivity contribution in [3.05, 3.63) is 147 Å². The Hall–Kier alpha value is -5.12. The molecule has 5 aromatic carbocycles. The van der Waals surface area contributed by atoms with Gasteiger partial charge in [-0.3, -0.25) is 0 Å². The van der Waals surface area contributed by atoms with E-state index in [1.54, 1.807) is 0 Å². The highest BCUT2D eigenvalue weighted by molar-refractivity contribution is 6.10. The van der Waals surface area contributed by atoms with Gasteiger partial charge in [0.15, 0.2) is 0 Å². The van der Waals surface area contributed by atoms with Crippen LogP contribution in [0.1, 0.15) is 109 Å². The van der Waals surface area contributed by atoms with E-state index in [0.29, 0.717) is 11.1 Å². The molecule has 6 aromatic rings. The molecule has 3 heteroatoms. The van der Waals surface area contributed by atoms with Crippen molar-refractivity contribution in [1.82, 2.24) is 4.57 Å². The minimum Gasteiger partial charge on any atom is -0.308 e. The van der Waals surface area contributed by atoms with Gasteiger partial charge in [-0.1, -0.05) is 84.0 Å². The van der Waals surface area contributed by atoms with E-state index in [9.17, 15) is 10.5 Å². The summed E-state index contributed by atoms with van der Waals surface area (Å²) in [5, 5.41) is 22.9. The van der Waals surface area contributed by atoms with E-state index in [0.717, 1.165) is 16.7 Å². The van der Waals surface area contributed by atoms with Gasteiger partial charge in [-0.25, -0.2) is 0 Å².